The first-order valence-corrected chi connectivity index (χ1v) is 10.2. The molecule has 1 amide bonds. The fourth-order valence-corrected chi connectivity index (χ4v) is 3.79. The van der Waals surface area contributed by atoms with Crippen LogP contribution in [-0.4, -0.2) is 57.9 Å². The highest BCUT2D eigenvalue weighted by molar-refractivity contribution is 7.99. The summed E-state index contributed by atoms with van der Waals surface area (Å²) in [4.78, 5) is 24.0. The van der Waals surface area contributed by atoms with Crippen molar-refractivity contribution in [2.24, 2.45) is 0 Å². The summed E-state index contributed by atoms with van der Waals surface area (Å²) in [6, 6.07) is 16.1. The van der Waals surface area contributed by atoms with E-state index in [2.05, 4.69) is 32.3 Å². The zero-order chi connectivity index (χ0) is 20.4. The van der Waals surface area contributed by atoms with Crippen molar-refractivity contribution in [3.05, 3.63) is 54.1 Å². The SMILES string of the molecule is CN(Cc1ccc(N(C)C)cc1)C(=O)CSc1nnc2c(n1)[nH]c1ccccc12. The van der Waals surface area contributed by atoms with Gasteiger partial charge in [-0.05, 0) is 23.8 Å². The Kier molecular flexibility index (Phi) is 5.35. The summed E-state index contributed by atoms with van der Waals surface area (Å²) in [5.74, 6) is 0.284. The number of aromatic amines is 1. The van der Waals surface area contributed by atoms with E-state index in [0.717, 1.165) is 27.7 Å². The molecule has 2 aromatic carbocycles. The smallest absolute Gasteiger partial charge is 0.233 e. The van der Waals surface area contributed by atoms with Crippen LogP contribution in [-0.2, 0) is 11.3 Å². The number of carbonyl (C=O) groups is 1. The molecule has 4 rings (SSSR count). The van der Waals surface area contributed by atoms with Crippen molar-refractivity contribution in [2.75, 3.05) is 31.8 Å². The van der Waals surface area contributed by atoms with Gasteiger partial charge < -0.3 is 14.8 Å². The second kappa shape index (κ2) is 8.08. The number of amides is 1. The number of fused-ring (bicyclic) bond motifs is 3. The van der Waals surface area contributed by atoms with Gasteiger partial charge in [0.15, 0.2) is 5.65 Å². The number of rotatable bonds is 6. The molecule has 7 nitrogen and oxygen atoms in total. The number of aromatic nitrogens is 4. The third kappa shape index (κ3) is 4.17. The van der Waals surface area contributed by atoms with Crippen LogP contribution in [0.15, 0.2) is 53.7 Å². The Morgan fingerprint density at radius 2 is 1.79 bits per heavy atom. The van der Waals surface area contributed by atoms with Gasteiger partial charge in [-0.15, -0.1) is 10.2 Å². The van der Waals surface area contributed by atoms with Gasteiger partial charge >= 0.3 is 0 Å². The molecule has 0 radical (unpaired) electrons. The van der Waals surface area contributed by atoms with Crippen LogP contribution in [0.5, 0.6) is 0 Å². The van der Waals surface area contributed by atoms with Gasteiger partial charge in [-0.2, -0.15) is 0 Å². The first-order chi connectivity index (χ1) is 14.0. The lowest BCUT2D eigenvalue weighted by Gasteiger charge is -2.18. The number of benzene rings is 2. The quantitative estimate of drug-likeness (QED) is 0.495. The number of carbonyl (C=O) groups excluding carboxylic acids is 1. The van der Waals surface area contributed by atoms with Crippen LogP contribution in [0.3, 0.4) is 0 Å². The van der Waals surface area contributed by atoms with E-state index in [1.165, 1.54) is 11.8 Å². The van der Waals surface area contributed by atoms with Crippen molar-refractivity contribution >= 4 is 45.4 Å². The predicted octanol–water partition coefficient (Wildman–Crippen LogP) is 3.32. The molecule has 0 fully saturated rings. The average molecular weight is 407 g/mol. The summed E-state index contributed by atoms with van der Waals surface area (Å²) in [5.41, 5.74) is 4.63. The number of thioether (sulfide) groups is 1. The molecule has 0 aliphatic rings. The van der Waals surface area contributed by atoms with Gasteiger partial charge in [0, 0.05) is 44.3 Å². The van der Waals surface area contributed by atoms with Gasteiger partial charge in [0.25, 0.3) is 0 Å². The lowest BCUT2D eigenvalue weighted by Crippen LogP contribution is -2.27. The molecule has 2 heterocycles. The third-order valence-corrected chi connectivity index (χ3v) is 5.55. The Morgan fingerprint density at radius 3 is 2.55 bits per heavy atom. The van der Waals surface area contributed by atoms with Crippen molar-refractivity contribution in [1.82, 2.24) is 25.1 Å². The fourth-order valence-electron chi connectivity index (χ4n) is 3.07. The molecular formula is C21H22N6OS. The first kappa shape index (κ1) is 19.2. The van der Waals surface area contributed by atoms with Crippen LogP contribution < -0.4 is 4.90 Å². The summed E-state index contributed by atoms with van der Waals surface area (Å²) in [6.07, 6.45) is 0. The first-order valence-electron chi connectivity index (χ1n) is 9.25. The second-order valence-electron chi connectivity index (χ2n) is 7.06. The van der Waals surface area contributed by atoms with Gasteiger partial charge in [0.2, 0.25) is 11.1 Å². The molecule has 0 saturated heterocycles. The minimum Gasteiger partial charge on any atom is -0.378 e. The Labute approximate surface area is 173 Å². The third-order valence-electron chi connectivity index (χ3n) is 4.73. The summed E-state index contributed by atoms with van der Waals surface area (Å²) in [6.45, 7) is 0.563. The summed E-state index contributed by atoms with van der Waals surface area (Å²) in [7, 11) is 5.82. The Balaban J connectivity index is 1.38. The lowest BCUT2D eigenvalue weighted by atomic mass is 10.2. The van der Waals surface area contributed by atoms with Crippen molar-refractivity contribution in [3.8, 4) is 0 Å². The Bertz CT molecular complexity index is 1150. The molecule has 148 valence electrons. The molecule has 0 saturated carbocycles. The van der Waals surface area contributed by atoms with Crippen LogP contribution in [0, 0.1) is 0 Å². The molecule has 0 atom stereocenters. The highest BCUT2D eigenvalue weighted by Gasteiger charge is 2.13. The summed E-state index contributed by atoms with van der Waals surface area (Å²) in [5, 5.41) is 9.95. The highest BCUT2D eigenvalue weighted by Crippen LogP contribution is 2.23. The van der Waals surface area contributed by atoms with Crippen LogP contribution in [0.25, 0.3) is 22.1 Å². The molecular weight excluding hydrogens is 384 g/mol. The molecule has 4 aromatic rings. The minimum absolute atomic E-state index is 0.0204. The van der Waals surface area contributed by atoms with Gasteiger partial charge in [0.1, 0.15) is 5.52 Å². The molecule has 29 heavy (non-hydrogen) atoms. The van der Waals surface area contributed by atoms with Crippen molar-refractivity contribution in [2.45, 2.75) is 11.7 Å². The molecule has 0 aliphatic carbocycles. The summed E-state index contributed by atoms with van der Waals surface area (Å²) >= 11 is 1.30. The van der Waals surface area contributed by atoms with Crippen molar-refractivity contribution < 1.29 is 4.79 Å². The molecule has 0 spiro atoms. The Hall–Kier alpha value is -3.13. The average Bonchev–Trinajstić information content (AvgIpc) is 3.10. The molecule has 8 heteroatoms. The van der Waals surface area contributed by atoms with Crippen LogP contribution in [0.1, 0.15) is 5.56 Å². The largest absolute Gasteiger partial charge is 0.378 e. The topological polar surface area (TPSA) is 78.0 Å². The molecule has 0 unspecified atom stereocenters. The zero-order valence-electron chi connectivity index (χ0n) is 16.6. The second-order valence-corrected chi connectivity index (χ2v) is 8.00. The Morgan fingerprint density at radius 1 is 1.03 bits per heavy atom. The maximum absolute atomic E-state index is 12.5. The predicted molar refractivity (Wildman–Crippen MR) is 117 cm³/mol. The molecule has 1 N–H and O–H groups in total. The minimum atomic E-state index is 0.0204. The summed E-state index contributed by atoms with van der Waals surface area (Å²) < 4.78 is 0. The maximum Gasteiger partial charge on any atom is 0.233 e. The number of hydrogen-bond acceptors (Lipinski definition) is 6. The van der Waals surface area contributed by atoms with E-state index in [4.69, 9.17) is 0 Å². The van der Waals surface area contributed by atoms with Crippen LogP contribution in [0.4, 0.5) is 5.69 Å². The highest BCUT2D eigenvalue weighted by atomic mass is 32.2. The lowest BCUT2D eigenvalue weighted by molar-refractivity contribution is -0.127. The van der Waals surface area contributed by atoms with Crippen LogP contribution >= 0.6 is 11.8 Å². The molecule has 2 aromatic heterocycles. The van der Waals surface area contributed by atoms with Crippen molar-refractivity contribution in [1.29, 1.82) is 0 Å². The van der Waals surface area contributed by atoms with E-state index in [1.807, 2.05) is 62.4 Å². The standard InChI is InChI=1S/C21H22N6OS/c1-26(2)15-10-8-14(9-11-15)12-27(3)18(28)13-29-21-23-20-19(24-25-21)16-6-4-5-7-17(16)22-20/h4-11H,12-13H2,1-3H3,(H,22,23,25). The number of para-hydroxylation sites is 1. The molecule has 0 bridgehead atoms. The number of hydrogen-bond donors (Lipinski definition) is 1. The van der Waals surface area contributed by atoms with Crippen molar-refractivity contribution in [3.63, 3.8) is 0 Å². The number of H-pyrrole nitrogens is 1. The van der Waals surface area contributed by atoms with Gasteiger partial charge in [0.05, 0.1) is 5.75 Å². The fraction of sp³-hybridized carbons (Fsp3) is 0.238. The van der Waals surface area contributed by atoms with E-state index in [-0.39, 0.29) is 11.7 Å². The number of nitrogens with zero attached hydrogens (tertiary/aromatic N) is 5. The van der Waals surface area contributed by atoms with E-state index in [1.54, 1.807) is 4.90 Å². The van der Waals surface area contributed by atoms with Gasteiger partial charge in [-0.25, -0.2) is 4.98 Å². The number of nitrogens with one attached hydrogen (secondary N) is 1. The van der Waals surface area contributed by atoms with E-state index < -0.39 is 0 Å². The van der Waals surface area contributed by atoms with Crippen LogP contribution in [0.2, 0.25) is 0 Å². The van der Waals surface area contributed by atoms with Gasteiger partial charge in [-0.1, -0.05) is 42.1 Å². The monoisotopic (exact) mass is 406 g/mol. The number of anilines is 1. The van der Waals surface area contributed by atoms with E-state index in [9.17, 15) is 4.79 Å². The maximum atomic E-state index is 12.5. The van der Waals surface area contributed by atoms with E-state index in [0.29, 0.717) is 17.3 Å². The van der Waals surface area contributed by atoms with E-state index >= 15 is 0 Å². The van der Waals surface area contributed by atoms with Gasteiger partial charge in [-0.3, -0.25) is 4.79 Å². The molecule has 0 aliphatic heterocycles. The zero-order valence-corrected chi connectivity index (χ0v) is 17.4. The normalized spacial score (nSPS) is 11.1.